The molecule has 1 heterocycles. The fourth-order valence-electron chi connectivity index (χ4n) is 3.45. The van der Waals surface area contributed by atoms with Crippen molar-refractivity contribution in [2.75, 3.05) is 32.2 Å². The van der Waals surface area contributed by atoms with Gasteiger partial charge in [-0.3, -0.25) is 14.5 Å². The van der Waals surface area contributed by atoms with Crippen LogP contribution in [0, 0.1) is 0 Å². The number of rotatable bonds is 11. The highest BCUT2D eigenvalue weighted by molar-refractivity contribution is 6.36. The molecule has 0 unspecified atom stereocenters. The number of carbonyl (C=O) groups is 2. The SMILES string of the molecule is CCOCCCN1C(=O)C(Nc2cccc(OC)c2)=C(c2ccc(OC(C)C)cc2)C1=O. The molecule has 3 rings (SSSR count). The number of methoxy groups -OCH3 is 1. The quantitative estimate of drug-likeness (QED) is 0.420. The highest BCUT2D eigenvalue weighted by Gasteiger charge is 2.38. The summed E-state index contributed by atoms with van der Waals surface area (Å²) in [5.74, 6) is 0.677. The van der Waals surface area contributed by atoms with E-state index < -0.39 is 0 Å². The van der Waals surface area contributed by atoms with E-state index in [9.17, 15) is 9.59 Å². The zero-order chi connectivity index (χ0) is 23.1. The average Bonchev–Trinajstić information content (AvgIpc) is 3.01. The monoisotopic (exact) mass is 438 g/mol. The van der Waals surface area contributed by atoms with Crippen LogP contribution in [0.4, 0.5) is 5.69 Å². The molecule has 0 saturated carbocycles. The van der Waals surface area contributed by atoms with E-state index in [1.54, 1.807) is 37.4 Å². The molecule has 7 heteroatoms. The van der Waals surface area contributed by atoms with Crippen LogP contribution in [-0.2, 0) is 14.3 Å². The number of amides is 2. The number of nitrogens with zero attached hydrogens (tertiary/aromatic N) is 1. The number of benzene rings is 2. The summed E-state index contributed by atoms with van der Waals surface area (Å²) >= 11 is 0. The van der Waals surface area contributed by atoms with Crippen LogP contribution in [0.5, 0.6) is 11.5 Å². The molecule has 0 saturated heterocycles. The van der Waals surface area contributed by atoms with Crippen molar-refractivity contribution in [3.63, 3.8) is 0 Å². The Morgan fingerprint density at radius 3 is 2.41 bits per heavy atom. The van der Waals surface area contributed by atoms with Crippen molar-refractivity contribution in [1.29, 1.82) is 0 Å². The Bertz CT molecular complexity index is 982. The molecule has 2 amide bonds. The maximum absolute atomic E-state index is 13.3. The smallest absolute Gasteiger partial charge is 0.278 e. The van der Waals surface area contributed by atoms with Crippen LogP contribution in [0.15, 0.2) is 54.2 Å². The van der Waals surface area contributed by atoms with Crippen molar-refractivity contribution in [2.24, 2.45) is 0 Å². The fourth-order valence-corrected chi connectivity index (χ4v) is 3.45. The first kappa shape index (κ1) is 23.3. The molecule has 0 radical (unpaired) electrons. The van der Waals surface area contributed by atoms with E-state index in [2.05, 4.69) is 5.32 Å². The van der Waals surface area contributed by atoms with Gasteiger partial charge in [0.05, 0.1) is 18.8 Å². The number of carbonyl (C=O) groups excluding carboxylic acids is 2. The molecule has 0 atom stereocenters. The van der Waals surface area contributed by atoms with Gasteiger partial charge in [-0.1, -0.05) is 18.2 Å². The molecular weight excluding hydrogens is 408 g/mol. The van der Waals surface area contributed by atoms with E-state index in [4.69, 9.17) is 14.2 Å². The maximum atomic E-state index is 13.3. The first-order valence-corrected chi connectivity index (χ1v) is 10.8. The minimum absolute atomic E-state index is 0.0425. The largest absolute Gasteiger partial charge is 0.497 e. The van der Waals surface area contributed by atoms with Gasteiger partial charge in [0.1, 0.15) is 17.2 Å². The summed E-state index contributed by atoms with van der Waals surface area (Å²) in [4.78, 5) is 27.8. The van der Waals surface area contributed by atoms with Crippen molar-refractivity contribution in [3.8, 4) is 11.5 Å². The lowest BCUT2D eigenvalue weighted by Crippen LogP contribution is -2.34. The van der Waals surface area contributed by atoms with Gasteiger partial charge in [-0.25, -0.2) is 0 Å². The highest BCUT2D eigenvalue weighted by atomic mass is 16.5. The van der Waals surface area contributed by atoms with Gasteiger partial charge in [0.2, 0.25) is 0 Å². The van der Waals surface area contributed by atoms with Crippen molar-refractivity contribution in [2.45, 2.75) is 33.3 Å². The molecule has 2 aromatic rings. The van der Waals surface area contributed by atoms with Gasteiger partial charge in [0.15, 0.2) is 0 Å². The topological polar surface area (TPSA) is 77.1 Å². The molecule has 0 fully saturated rings. The number of imide groups is 1. The third-order valence-corrected chi connectivity index (χ3v) is 4.90. The van der Waals surface area contributed by atoms with Crippen LogP contribution in [0.2, 0.25) is 0 Å². The second-order valence-electron chi connectivity index (χ2n) is 7.61. The predicted octanol–water partition coefficient (Wildman–Crippen LogP) is 4.10. The Balaban J connectivity index is 1.93. The van der Waals surface area contributed by atoms with E-state index in [-0.39, 0.29) is 23.6 Å². The molecule has 7 nitrogen and oxygen atoms in total. The second kappa shape index (κ2) is 10.8. The second-order valence-corrected chi connectivity index (χ2v) is 7.61. The van der Waals surface area contributed by atoms with E-state index in [1.807, 2.05) is 39.0 Å². The molecule has 0 aromatic heterocycles. The summed E-state index contributed by atoms with van der Waals surface area (Å²) in [5, 5.41) is 3.15. The van der Waals surface area contributed by atoms with E-state index >= 15 is 0 Å². The van der Waals surface area contributed by atoms with Crippen LogP contribution in [0.25, 0.3) is 5.57 Å². The number of anilines is 1. The molecule has 0 bridgehead atoms. The molecule has 1 aliphatic rings. The Morgan fingerprint density at radius 2 is 1.75 bits per heavy atom. The normalized spacial score (nSPS) is 13.8. The van der Waals surface area contributed by atoms with E-state index in [0.29, 0.717) is 54.5 Å². The van der Waals surface area contributed by atoms with Crippen LogP contribution >= 0.6 is 0 Å². The molecular formula is C25H30N2O5. The molecule has 0 spiro atoms. The van der Waals surface area contributed by atoms with Crippen molar-refractivity contribution in [3.05, 3.63) is 59.8 Å². The number of ether oxygens (including phenoxy) is 3. The number of nitrogens with one attached hydrogen (secondary N) is 1. The fraction of sp³-hybridized carbons (Fsp3) is 0.360. The molecule has 2 aromatic carbocycles. The molecule has 1 N–H and O–H groups in total. The Kier molecular flexibility index (Phi) is 7.89. The van der Waals surface area contributed by atoms with Crippen molar-refractivity contribution >= 4 is 23.1 Å². The Hall–Kier alpha value is -3.32. The van der Waals surface area contributed by atoms with Gasteiger partial charge in [-0.05, 0) is 57.0 Å². The van der Waals surface area contributed by atoms with Gasteiger partial charge in [0, 0.05) is 31.5 Å². The van der Waals surface area contributed by atoms with Gasteiger partial charge in [-0.2, -0.15) is 0 Å². The van der Waals surface area contributed by atoms with Crippen LogP contribution in [0.1, 0.15) is 32.8 Å². The van der Waals surface area contributed by atoms with Crippen LogP contribution < -0.4 is 14.8 Å². The van der Waals surface area contributed by atoms with Gasteiger partial charge >= 0.3 is 0 Å². The lowest BCUT2D eigenvalue weighted by Gasteiger charge is -2.15. The summed E-state index contributed by atoms with van der Waals surface area (Å²) < 4.78 is 16.3. The minimum Gasteiger partial charge on any atom is -0.497 e. The van der Waals surface area contributed by atoms with Gasteiger partial charge < -0.3 is 19.5 Å². The molecule has 170 valence electrons. The zero-order valence-electron chi connectivity index (χ0n) is 19.0. The molecule has 1 aliphatic heterocycles. The summed E-state index contributed by atoms with van der Waals surface area (Å²) in [5.41, 5.74) is 1.90. The minimum atomic E-state index is -0.355. The van der Waals surface area contributed by atoms with E-state index in [0.717, 1.165) is 0 Å². The average molecular weight is 439 g/mol. The predicted molar refractivity (Wildman–Crippen MR) is 124 cm³/mol. The Morgan fingerprint density at radius 1 is 1.00 bits per heavy atom. The lowest BCUT2D eigenvalue weighted by molar-refractivity contribution is -0.137. The summed E-state index contributed by atoms with van der Waals surface area (Å²) in [7, 11) is 1.58. The van der Waals surface area contributed by atoms with E-state index in [1.165, 1.54) is 4.90 Å². The standard InChI is InChI=1S/C25H30N2O5/c1-5-31-15-7-14-27-24(28)22(18-10-12-20(13-11-18)32-17(2)3)23(25(27)29)26-19-8-6-9-21(16-19)30-4/h6,8-13,16-17,26H,5,7,14-15H2,1-4H3. The summed E-state index contributed by atoms with van der Waals surface area (Å²) in [6, 6.07) is 14.4. The van der Waals surface area contributed by atoms with Crippen LogP contribution in [0.3, 0.4) is 0 Å². The highest BCUT2D eigenvalue weighted by Crippen LogP contribution is 2.32. The number of hydrogen-bond acceptors (Lipinski definition) is 6. The third-order valence-electron chi connectivity index (χ3n) is 4.90. The van der Waals surface area contributed by atoms with Crippen LogP contribution in [-0.4, -0.2) is 49.7 Å². The zero-order valence-corrected chi connectivity index (χ0v) is 19.0. The first-order valence-electron chi connectivity index (χ1n) is 10.8. The Labute approximate surface area is 189 Å². The molecule has 0 aliphatic carbocycles. The van der Waals surface area contributed by atoms with Gasteiger partial charge in [0.25, 0.3) is 11.8 Å². The van der Waals surface area contributed by atoms with Crippen molar-refractivity contribution in [1.82, 2.24) is 4.90 Å². The molecule has 32 heavy (non-hydrogen) atoms. The van der Waals surface area contributed by atoms with Crippen molar-refractivity contribution < 1.29 is 23.8 Å². The summed E-state index contributed by atoms with van der Waals surface area (Å²) in [6.45, 7) is 7.19. The number of hydrogen-bond donors (Lipinski definition) is 1. The lowest BCUT2D eigenvalue weighted by atomic mass is 10.0. The first-order chi connectivity index (χ1) is 15.4. The maximum Gasteiger partial charge on any atom is 0.278 e. The third kappa shape index (κ3) is 5.48. The van der Waals surface area contributed by atoms with Gasteiger partial charge in [-0.15, -0.1) is 0 Å². The summed E-state index contributed by atoms with van der Waals surface area (Å²) in [6.07, 6.45) is 0.618.